The average Bonchev–Trinajstić information content (AvgIpc) is 2.44. The maximum Gasteiger partial charge on any atom is 0.123 e. The fraction of sp³-hybridized carbons (Fsp3) is 0.647. The van der Waals surface area contributed by atoms with Gasteiger partial charge >= 0.3 is 0 Å². The Morgan fingerprint density at radius 1 is 1.11 bits per heavy atom. The number of benzene rings is 1. The molecular weight excluding hydrogens is 223 g/mol. The molecule has 0 radical (unpaired) electrons. The Morgan fingerprint density at radius 2 is 1.67 bits per heavy atom. The highest BCUT2D eigenvalue weighted by Gasteiger charge is 2.03. The molecule has 0 bridgehead atoms. The Kier molecular flexibility index (Phi) is 13.6. The summed E-state index contributed by atoms with van der Waals surface area (Å²) in [4.78, 5) is 0. The minimum Gasteiger partial charge on any atom is -0.207 e. The molecule has 106 valence electrons. The third-order valence-corrected chi connectivity index (χ3v) is 2.91. The first-order valence-electron chi connectivity index (χ1n) is 7.38. The molecule has 1 rings (SSSR count). The Morgan fingerprint density at radius 3 is 2.17 bits per heavy atom. The predicted molar refractivity (Wildman–Crippen MR) is 81.6 cm³/mol. The van der Waals surface area contributed by atoms with Gasteiger partial charge in [-0.2, -0.15) is 0 Å². The normalized spacial score (nSPS) is 10.7. The van der Waals surface area contributed by atoms with Gasteiger partial charge in [0.05, 0.1) is 0 Å². The van der Waals surface area contributed by atoms with E-state index in [1.165, 1.54) is 18.1 Å². The number of aryl methyl sites for hydroxylation is 2. The molecule has 1 aromatic rings. The highest BCUT2D eigenvalue weighted by Crippen LogP contribution is 2.16. The summed E-state index contributed by atoms with van der Waals surface area (Å²) in [7, 11) is 0. The molecule has 0 aliphatic carbocycles. The third kappa shape index (κ3) is 8.27. The van der Waals surface area contributed by atoms with Crippen molar-refractivity contribution >= 4 is 0 Å². The number of rotatable bonds is 4. The maximum atomic E-state index is 13.0. The van der Waals surface area contributed by atoms with Gasteiger partial charge in [-0.1, -0.05) is 54.0 Å². The van der Waals surface area contributed by atoms with Crippen LogP contribution in [-0.2, 0) is 6.42 Å². The van der Waals surface area contributed by atoms with Gasteiger partial charge in [-0.05, 0) is 48.9 Å². The van der Waals surface area contributed by atoms with Gasteiger partial charge in [-0.3, -0.25) is 0 Å². The van der Waals surface area contributed by atoms with Crippen molar-refractivity contribution in [1.29, 1.82) is 0 Å². The minimum atomic E-state index is -0.116. The molecule has 0 aliphatic heterocycles. The van der Waals surface area contributed by atoms with Crippen LogP contribution in [-0.4, -0.2) is 0 Å². The maximum absolute atomic E-state index is 13.0. The zero-order valence-corrected chi connectivity index (χ0v) is 13.3. The van der Waals surface area contributed by atoms with Gasteiger partial charge in [-0.25, -0.2) is 4.39 Å². The third-order valence-electron chi connectivity index (χ3n) is 2.91. The first kappa shape index (κ1) is 19.5. The van der Waals surface area contributed by atoms with Crippen molar-refractivity contribution in [2.75, 3.05) is 0 Å². The smallest absolute Gasteiger partial charge is 0.123 e. The molecular formula is C17H31F. The molecule has 0 N–H and O–H groups in total. The second kappa shape index (κ2) is 12.6. The second-order valence-corrected chi connectivity index (χ2v) is 4.12. The SMILES string of the molecule is CC.CC.CCC(C)CCc1cc(F)ccc1C. The van der Waals surface area contributed by atoms with Crippen molar-refractivity contribution in [2.24, 2.45) is 5.92 Å². The van der Waals surface area contributed by atoms with Crippen LogP contribution in [0.1, 0.15) is 65.5 Å². The van der Waals surface area contributed by atoms with E-state index in [1.54, 1.807) is 6.07 Å². The largest absolute Gasteiger partial charge is 0.207 e. The molecule has 0 nitrogen and oxygen atoms in total. The monoisotopic (exact) mass is 254 g/mol. The van der Waals surface area contributed by atoms with E-state index in [9.17, 15) is 4.39 Å². The first-order chi connectivity index (χ1) is 8.63. The van der Waals surface area contributed by atoms with Crippen molar-refractivity contribution in [3.8, 4) is 0 Å². The summed E-state index contributed by atoms with van der Waals surface area (Å²) in [6.07, 6.45) is 3.35. The highest BCUT2D eigenvalue weighted by molar-refractivity contribution is 5.26. The fourth-order valence-corrected chi connectivity index (χ4v) is 1.52. The van der Waals surface area contributed by atoms with E-state index in [2.05, 4.69) is 13.8 Å². The van der Waals surface area contributed by atoms with Crippen LogP contribution in [0.2, 0.25) is 0 Å². The lowest BCUT2D eigenvalue weighted by molar-refractivity contribution is 0.514. The number of hydrogen-bond donors (Lipinski definition) is 0. The Labute approximate surface area is 114 Å². The summed E-state index contributed by atoms with van der Waals surface area (Å²) in [5, 5.41) is 0. The lowest BCUT2D eigenvalue weighted by atomic mass is 9.96. The zero-order valence-electron chi connectivity index (χ0n) is 13.3. The Bertz CT molecular complexity index is 292. The summed E-state index contributed by atoms with van der Waals surface area (Å²) >= 11 is 0. The van der Waals surface area contributed by atoms with Gasteiger partial charge in [0.15, 0.2) is 0 Å². The summed E-state index contributed by atoms with van der Waals surface area (Å²) in [6, 6.07) is 5.06. The topological polar surface area (TPSA) is 0 Å². The molecule has 18 heavy (non-hydrogen) atoms. The standard InChI is InChI=1S/C13H19F.2C2H6/c1-4-10(2)5-7-12-9-13(14)8-6-11(12)3;2*1-2/h6,8-10H,4-5,7H2,1-3H3;2*1-2H3. The van der Waals surface area contributed by atoms with Crippen LogP contribution in [0.4, 0.5) is 4.39 Å². The predicted octanol–water partition coefficient (Wildman–Crippen LogP) is 6.17. The summed E-state index contributed by atoms with van der Waals surface area (Å²) < 4.78 is 13.0. The van der Waals surface area contributed by atoms with Crippen LogP contribution < -0.4 is 0 Å². The van der Waals surface area contributed by atoms with Crippen molar-refractivity contribution in [2.45, 2.75) is 67.7 Å². The van der Waals surface area contributed by atoms with Crippen molar-refractivity contribution in [3.63, 3.8) is 0 Å². The Balaban J connectivity index is 0. The number of halogens is 1. The molecule has 0 saturated carbocycles. The van der Waals surface area contributed by atoms with E-state index in [4.69, 9.17) is 0 Å². The molecule has 0 fully saturated rings. The van der Waals surface area contributed by atoms with Gasteiger partial charge in [0.1, 0.15) is 5.82 Å². The van der Waals surface area contributed by atoms with Crippen LogP contribution in [0.15, 0.2) is 18.2 Å². The van der Waals surface area contributed by atoms with Crippen molar-refractivity contribution in [3.05, 3.63) is 35.1 Å². The zero-order chi connectivity index (χ0) is 14.6. The Hall–Kier alpha value is -0.850. The molecule has 1 aromatic carbocycles. The molecule has 0 heterocycles. The fourth-order valence-electron chi connectivity index (χ4n) is 1.52. The van der Waals surface area contributed by atoms with Gasteiger partial charge in [0.25, 0.3) is 0 Å². The summed E-state index contributed by atoms with van der Waals surface area (Å²) in [6.45, 7) is 14.5. The van der Waals surface area contributed by atoms with Gasteiger partial charge in [0, 0.05) is 0 Å². The van der Waals surface area contributed by atoms with Crippen molar-refractivity contribution < 1.29 is 4.39 Å². The highest BCUT2D eigenvalue weighted by atomic mass is 19.1. The van der Waals surface area contributed by atoms with Crippen LogP contribution in [0.5, 0.6) is 0 Å². The summed E-state index contributed by atoms with van der Waals surface area (Å²) in [5.41, 5.74) is 2.36. The van der Waals surface area contributed by atoms with Gasteiger partial charge in [-0.15, -0.1) is 0 Å². The van der Waals surface area contributed by atoms with Crippen LogP contribution in [0, 0.1) is 18.7 Å². The first-order valence-corrected chi connectivity index (χ1v) is 7.38. The van der Waals surface area contributed by atoms with Crippen molar-refractivity contribution in [1.82, 2.24) is 0 Å². The van der Waals surface area contributed by atoms with E-state index >= 15 is 0 Å². The summed E-state index contributed by atoms with van der Waals surface area (Å²) in [5.74, 6) is 0.618. The van der Waals surface area contributed by atoms with E-state index in [-0.39, 0.29) is 5.82 Å². The molecule has 0 saturated heterocycles. The number of hydrogen-bond acceptors (Lipinski definition) is 0. The minimum absolute atomic E-state index is 0.116. The van der Waals surface area contributed by atoms with Crippen LogP contribution in [0.3, 0.4) is 0 Å². The van der Waals surface area contributed by atoms with Crippen LogP contribution >= 0.6 is 0 Å². The lowest BCUT2D eigenvalue weighted by Gasteiger charge is -2.10. The second-order valence-electron chi connectivity index (χ2n) is 4.12. The molecule has 1 heteroatoms. The van der Waals surface area contributed by atoms with Crippen LogP contribution in [0.25, 0.3) is 0 Å². The lowest BCUT2D eigenvalue weighted by Crippen LogP contribution is -1.97. The molecule has 1 unspecified atom stereocenters. The van der Waals surface area contributed by atoms with E-state index in [1.807, 2.05) is 40.7 Å². The van der Waals surface area contributed by atoms with E-state index < -0.39 is 0 Å². The average molecular weight is 254 g/mol. The van der Waals surface area contributed by atoms with E-state index in [0.29, 0.717) is 0 Å². The molecule has 1 atom stereocenters. The van der Waals surface area contributed by atoms with Gasteiger partial charge < -0.3 is 0 Å². The molecule has 0 aromatic heterocycles. The molecule has 0 amide bonds. The molecule has 0 aliphatic rings. The van der Waals surface area contributed by atoms with Gasteiger partial charge in [0.2, 0.25) is 0 Å². The quantitative estimate of drug-likeness (QED) is 0.603. The van der Waals surface area contributed by atoms with E-state index in [0.717, 1.165) is 24.3 Å². The molecule has 0 spiro atoms.